The van der Waals surface area contributed by atoms with E-state index in [-0.39, 0.29) is 5.91 Å². The predicted molar refractivity (Wildman–Crippen MR) is 78.2 cm³/mol. The lowest BCUT2D eigenvalue weighted by molar-refractivity contribution is -0.121. The molecule has 0 spiro atoms. The van der Waals surface area contributed by atoms with Crippen molar-refractivity contribution in [2.75, 3.05) is 26.7 Å². The van der Waals surface area contributed by atoms with E-state index in [1.165, 1.54) is 38.5 Å². The second kappa shape index (κ2) is 7.85. The van der Waals surface area contributed by atoms with Crippen LogP contribution >= 0.6 is 0 Å². The van der Waals surface area contributed by atoms with Crippen LogP contribution in [0.5, 0.6) is 0 Å². The minimum atomic E-state index is 0.208. The number of carbonyl (C=O) groups is 1. The van der Waals surface area contributed by atoms with Crippen molar-refractivity contribution >= 4 is 5.91 Å². The maximum absolute atomic E-state index is 11.8. The van der Waals surface area contributed by atoms with Crippen molar-refractivity contribution in [3.8, 4) is 0 Å². The lowest BCUT2D eigenvalue weighted by Crippen LogP contribution is -2.41. The van der Waals surface area contributed by atoms with Crippen LogP contribution in [-0.2, 0) is 4.79 Å². The Labute approximate surface area is 117 Å². The van der Waals surface area contributed by atoms with Crippen molar-refractivity contribution in [2.45, 2.75) is 63.5 Å². The van der Waals surface area contributed by atoms with Crippen molar-refractivity contribution < 1.29 is 4.79 Å². The van der Waals surface area contributed by atoms with Gasteiger partial charge in [0.1, 0.15) is 0 Å². The molecular formula is C15H29N3O. The molecule has 110 valence electrons. The molecule has 1 amide bonds. The van der Waals surface area contributed by atoms with E-state index in [1.807, 2.05) is 0 Å². The summed E-state index contributed by atoms with van der Waals surface area (Å²) >= 11 is 0. The van der Waals surface area contributed by atoms with Gasteiger partial charge in [-0.2, -0.15) is 0 Å². The van der Waals surface area contributed by atoms with Crippen molar-refractivity contribution in [2.24, 2.45) is 0 Å². The number of hydrogen-bond acceptors (Lipinski definition) is 3. The maximum Gasteiger partial charge on any atom is 0.221 e. The van der Waals surface area contributed by atoms with Crippen LogP contribution < -0.4 is 10.6 Å². The summed E-state index contributed by atoms with van der Waals surface area (Å²) in [5, 5.41) is 6.49. The Bertz CT molecular complexity index is 271. The summed E-state index contributed by atoms with van der Waals surface area (Å²) in [4.78, 5) is 14.3. The Balaban J connectivity index is 1.55. The van der Waals surface area contributed by atoms with Crippen LogP contribution in [-0.4, -0.2) is 49.6 Å². The van der Waals surface area contributed by atoms with E-state index < -0.39 is 0 Å². The van der Waals surface area contributed by atoms with Gasteiger partial charge in [0.25, 0.3) is 0 Å². The molecule has 0 aromatic carbocycles. The summed E-state index contributed by atoms with van der Waals surface area (Å²) in [6.45, 7) is 2.84. The summed E-state index contributed by atoms with van der Waals surface area (Å²) in [7, 11) is 2.19. The highest BCUT2D eigenvalue weighted by Crippen LogP contribution is 2.21. The predicted octanol–water partition coefficient (Wildman–Crippen LogP) is 1.51. The van der Waals surface area contributed by atoms with Crippen molar-refractivity contribution in [1.29, 1.82) is 0 Å². The molecule has 2 N–H and O–H groups in total. The first-order valence-corrected chi connectivity index (χ1v) is 7.96. The number of nitrogens with one attached hydrogen (secondary N) is 2. The lowest BCUT2D eigenvalue weighted by Gasteiger charge is -2.25. The zero-order valence-corrected chi connectivity index (χ0v) is 12.3. The molecule has 0 bridgehead atoms. The van der Waals surface area contributed by atoms with Gasteiger partial charge in [0, 0.05) is 31.6 Å². The van der Waals surface area contributed by atoms with Gasteiger partial charge in [0.05, 0.1) is 0 Å². The summed E-state index contributed by atoms with van der Waals surface area (Å²) < 4.78 is 0. The largest absolute Gasteiger partial charge is 0.355 e. The number of hydrogen-bond donors (Lipinski definition) is 2. The van der Waals surface area contributed by atoms with Gasteiger partial charge in [-0.1, -0.05) is 19.3 Å². The highest BCUT2D eigenvalue weighted by molar-refractivity contribution is 5.76. The van der Waals surface area contributed by atoms with Crippen molar-refractivity contribution in [1.82, 2.24) is 15.5 Å². The van der Waals surface area contributed by atoms with E-state index >= 15 is 0 Å². The van der Waals surface area contributed by atoms with Crippen LogP contribution in [0.2, 0.25) is 0 Å². The number of piperidine rings is 1. The Hall–Kier alpha value is -0.610. The molecule has 2 aliphatic rings. The van der Waals surface area contributed by atoms with E-state index in [2.05, 4.69) is 22.6 Å². The second-order valence-corrected chi connectivity index (χ2v) is 6.12. The van der Waals surface area contributed by atoms with Crippen LogP contribution in [0.25, 0.3) is 0 Å². The molecule has 1 aliphatic carbocycles. The third-order valence-corrected chi connectivity index (χ3v) is 4.58. The average Bonchev–Trinajstić information content (AvgIpc) is 2.93. The molecule has 1 unspecified atom stereocenters. The van der Waals surface area contributed by atoms with Crippen molar-refractivity contribution in [3.63, 3.8) is 0 Å². The maximum atomic E-state index is 11.8. The van der Waals surface area contributed by atoms with Gasteiger partial charge in [0.15, 0.2) is 0 Å². The minimum absolute atomic E-state index is 0.208. The SMILES string of the molecule is CN(CCNC(=O)CC1CCCCN1)C1CCCC1. The summed E-state index contributed by atoms with van der Waals surface area (Å²) in [5.41, 5.74) is 0. The van der Waals surface area contributed by atoms with Gasteiger partial charge in [0.2, 0.25) is 5.91 Å². The number of nitrogens with zero attached hydrogens (tertiary/aromatic N) is 1. The minimum Gasteiger partial charge on any atom is -0.355 e. The van der Waals surface area contributed by atoms with E-state index in [9.17, 15) is 4.79 Å². The molecule has 1 saturated heterocycles. The summed E-state index contributed by atoms with van der Waals surface area (Å²) in [6, 6.07) is 1.15. The second-order valence-electron chi connectivity index (χ2n) is 6.12. The molecule has 0 radical (unpaired) electrons. The van der Waals surface area contributed by atoms with Gasteiger partial charge in [-0.05, 0) is 39.3 Å². The quantitative estimate of drug-likeness (QED) is 0.767. The molecule has 1 atom stereocenters. The Morgan fingerprint density at radius 3 is 2.63 bits per heavy atom. The standard InChI is InChI=1S/C15H29N3O/c1-18(14-7-2-3-8-14)11-10-17-15(19)12-13-6-4-5-9-16-13/h13-14,16H,2-12H2,1H3,(H,17,19). The molecular weight excluding hydrogens is 238 g/mol. The van der Waals surface area contributed by atoms with Gasteiger partial charge in [-0.3, -0.25) is 4.79 Å². The van der Waals surface area contributed by atoms with Crippen LogP contribution in [0.4, 0.5) is 0 Å². The smallest absolute Gasteiger partial charge is 0.221 e. The van der Waals surface area contributed by atoms with Crippen LogP contribution in [0.3, 0.4) is 0 Å². The summed E-state index contributed by atoms with van der Waals surface area (Å²) in [5.74, 6) is 0.208. The Kier molecular flexibility index (Phi) is 6.11. The molecule has 2 fully saturated rings. The number of likely N-dealkylation sites (N-methyl/N-ethyl adjacent to an activating group) is 1. The number of rotatable bonds is 6. The fourth-order valence-corrected chi connectivity index (χ4v) is 3.29. The van der Waals surface area contributed by atoms with Gasteiger partial charge >= 0.3 is 0 Å². The molecule has 19 heavy (non-hydrogen) atoms. The molecule has 0 aromatic heterocycles. The first-order chi connectivity index (χ1) is 9.25. The molecule has 1 heterocycles. The van der Waals surface area contributed by atoms with E-state index in [0.717, 1.165) is 32.1 Å². The molecule has 1 saturated carbocycles. The van der Waals surface area contributed by atoms with E-state index in [4.69, 9.17) is 0 Å². The molecule has 4 nitrogen and oxygen atoms in total. The molecule has 2 rings (SSSR count). The van der Waals surface area contributed by atoms with Crippen LogP contribution in [0.1, 0.15) is 51.4 Å². The molecule has 4 heteroatoms. The van der Waals surface area contributed by atoms with Gasteiger partial charge in [-0.25, -0.2) is 0 Å². The Morgan fingerprint density at radius 1 is 1.21 bits per heavy atom. The third kappa shape index (κ3) is 5.11. The first-order valence-electron chi connectivity index (χ1n) is 7.96. The topological polar surface area (TPSA) is 44.4 Å². The number of amides is 1. The normalized spacial score (nSPS) is 24.8. The Morgan fingerprint density at radius 2 is 1.95 bits per heavy atom. The first kappa shape index (κ1) is 14.8. The zero-order chi connectivity index (χ0) is 13.5. The van der Waals surface area contributed by atoms with Crippen molar-refractivity contribution in [3.05, 3.63) is 0 Å². The van der Waals surface area contributed by atoms with Gasteiger partial charge in [-0.15, -0.1) is 0 Å². The monoisotopic (exact) mass is 267 g/mol. The zero-order valence-electron chi connectivity index (χ0n) is 12.3. The highest BCUT2D eigenvalue weighted by Gasteiger charge is 2.19. The van der Waals surface area contributed by atoms with Crippen LogP contribution in [0, 0.1) is 0 Å². The van der Waals surface area contributed by atoms with E-state index in [1.54, 1.807) is 0 Å². The molecule has 1 aliphatic heterocycles. The third-order valence-electron chi connectivity index (χ3n) is 4.58. The van der Waals surface area contributed by atoms with Crippen LogP contribution in [0.15, 0.2) is 0 Å². The highest BCUT2D eigenvalue weighted by atomic mass is 16.1. The lowest BCUT2D eigenvalue weighted by atomic mass is 10.0. The summed E-state index contributed by atoms with van der Waals surface area (Å²) in [6.07, 6.45) is 9.71. The number of carbonyl (C=O) groups excluding carboxylic acids is 1. The van der Waals surface area contributed by atoms with Gasteiger partial charge < -0.3 is 15.5 Å². The van der Waals surface area contributed by atoms with E-state index in [0.29, 0.717) is 12.5 Å². The fourth-order valence-electron chi connectivity index (χ4n) is 3.29. The molecule has 0 aromatic rings. The average molecular weight is 267 g/mol. The fraction of sp³-hybridized carbons (Fsp3) is 0.933.